The smallest absolute Gasteiger partial charge is 0.238 e. The van der Waals surface area contributed by atoms with E-state index in [-0.39, 0.29) is 17.7 Å². The van der Waals surface area contributed by atoms with Gasteiger partial charge >= 0.3 is 0 Å². The van der Waals surface area contributed by atoms with Crippen molar-refractivity contribution in [1.29, 1.82) is 0 Å². The second kappa shape index (κ2) is 10.6. The van der Waals surface area contributed by atoms with Crippen LogP contribution in [0.5, 0.6) is 11.6 Å². The molecule has 3 aromatic rings. The van der Waals surface area contributed by atoms with E-state index in [4.69, 9.17) is 28.9 Å². The molecule has 1 N–H and O–H groups in total. The number of fused-ring (bicyclic) bond motifs is 1. The van der Waals surface area contributed by atoms with Crippen molar-refractivity contribution in [1.82, 2.24) is 15.0 Å². The van der Waals surface area contributed by atoms with Crippen LogP contribution in [0.2, 0.25) is 0 Å². The molecule has 4 heterocycles. The van der Waals surface area contributed by atoms with Crippen molar-refractivity contribution >= 4 is 32.6 Å². The van der Waals surface area contributed by atoms with Gasteiger partial charge in [-0.15, -0.1) is 0 Å². The Hall–Kier alpha value is -3.29. The number of nitrogens with zero attached hydrogens (tertiary/aromatic N) is 4. The normalized spacial score (nSPS) is 17.1. The molecule has 0 atom stereocenters. The molecule has 0 amide bonds. The molecule has 0 saturated carbocycles. The van der Waals surface area contributed by atoms with Gasteiger partial charge < -0.3 is 23.8 Å². The zero-order valence-corrected chi connectivity index (χ0v) is 21.4. The lowest BCUT2D eigenvalue weighted by atomic mass is 10.1. The number of anilines is 2. The van der Waals surface area contributed by atoms with E-state index < -0.39 is 15.8 Å². The van der Waals surface area contributed by atoms with E-state index in [2.05, 4.69) is 9.71 Å². The summed E-state index contributed by atoms with van der Waals surface area (Å²) in [5.74, 6) is 0.337. The Kier molecular flexibility index (Phi) is 7.26. The molecule has 0 aliphatic carbocycles. The van der Waals surface area contributed by atoms with Crippen molar-refractivity contribution < 1.29 is 31.8 Å². The van der Waals surface area contributed by atoms with Gasteiger partial charge in [0, 0.05) is 49.1 Å². The number of methoxy groups -OCH3 is 1. The Labute approximate surface area is 214 Å². The number of sulfonamides is 1. The van der Waals surface area contributed by atoms with Gasteiger partial charge in [0.2, 0.25) is 21.9 Å². The summed E-state index contributed by atoms with van der Waals surface area (Å²) in [5, 5.41) is 0.413. The van der Waals surface area contributed by atoms with Gasteiger partial charge in [-0.05, 0) is 12.1 Å². The second-order valence-electron chi connectivity index (χ2n) is 8.86. The molecule has 2 aromatic heterocycles. The van der Waals surface area contributed by atoms with Crippen LogP contribution in [-0.4, -0.2) is 82.4 Å². The van der Waals surface area contributed by atoms with Gasteiger partial charge in [-0.3, -0.25) is 4.72 Å². The first-order chi connectivity index (χ1) is 17.8. The molecule has 2 aliphatic heterocycles. The first-order valence-electron chi connectivity index (χ1n) is 11.9. The third kappa shape index (κ3) is 5.84. The van der Waals surface area contributed by atoms with E-state index in [0.717, 1.165) is 6.26 Å². The van der Waals surface area contributed by atoms with Crippen molar-refractivity contribution in [3.05, 3.63) is 30.2 Å². The SMILES string of the molecule is COc1ncc(-c2nc(N3CCOCC3)nc3c(OC4CCOCC4)cc(F)cc23)cc1NS(C)(=O)=O. The highest BCUT2D eigenvalue weighted by molar-refractivity contribution is 7.92. The highest BCUT2D eigenvalue weighted by Crippen LogP contribution is 2.37. The number of pyridine rings is 1. The largest absolute Gasteiger partial charge is 0.488 e. The summed E-state index contributed by atoms with van der Waals surface area (Å²) in [6.07, 6.45) is 3.79. The summed E-state index contributed by atoms with van der Waals surface area (Å²) >= 11 is 0. The lowest BCUT2D eigenvalue weighted by molar-refractivity contribution is 0.0260. The number of halogens is 1. The molecular formula is C24H28FN5O6S. The van der Waals surface area contributed by atoms with E-state index in [1.807, 2.05) is 4.90 Å². The third-order valence-electron chi connectivity index (χ3n) is 6.09. The fourth-order valence-corrected chi connectivity index (χ4v) is 4.91. The molecular weight excluding hydrogens is 505 g/mol. The van der Waals surface area contributed by atoms with Crippen molar-refractivity contribution in [2.24, 2.45) is 0 Å². The molecule has 13 heteroatoms. The maximum absolute atomic E-state index is 14.9. The molecule has 5 rings (SSSR count). The van der Waals surface area contributed by atoms with Crippen LogP contribution in [0.1, 0.15) is 12.8 Å². The molecule has 2 aliphatic rings. The number of hydrogen-bond acceptors (Lipinski definition) is 10. The monoisotopic (exact) mass is 533 g/mol. The summed E-state index contributed by atoms with van der Waals surface area (Å²) in [6, 6.07) is 4.24. The number of ether oxygens (including phenoxy) is 4. The standard InChI is InChI=1S/C24H28FN5O6S/c1-33-23-19(29-37(2,31)32)11-15(14-26-23)21-18-12-16(25)13-20(36-17-3-7-34-8-4-17)22(18)28-24(27-21)30-5-9-35-10-6-30/h11-14,17,29H,3-10H2,1-2H3. The predicted octanol–water partition coefficient (Wildman–Crippen LogP) is 2.61. The summed E-state index contributed by atoms with van der Waals surface area (Å²) in [6.45, 7) is 3.37. The number of rotatable bonds is 7. The van der Waals surface area contributed by atoms with Gasteiger partial charge in [0.25, 0.3) is 0 Å². The van der Waals surface area contributed by atoms with E-state index in [1.165, 1.54) is 25.4 Å². The van der Waals surface area contributed by atoms with E-state index in [0.29, 0.717) is 86.2 Å². The third-order valence-corrected chi connectivity index (χ3v) is 6.68. The molecule has 2 saturated heterocycles. The summed E-state index contributed by atoms with van der Waals surface area (Å²) in [5.41, 5.74) is 1.43. The van der Waals surface area contributed by atoms with Gasteiger partial charge in [-0.25, -0.2) is 27.8 Å². The average molecular weight is 534 g/mol. The van der Waals surface area contributed by atoms with E-state index >= 15 is 0 Å². The van der Waals surface area contributed by atoms with Crippen LogP contribution >= 0.6 is 0 Å². The molecule has 11 nitrogen and oxygen atoms in total. The number of hydrogen-bond donors (Lipinski definition) is 1. The van der Waals surface area contributed by atoms with Crippen LogP contribution in [-0.2, 0) is 19.5 Å². The first-order valence-corrected chi connectivity index (χ1v) is 13.8. The quantitative estimate of drug-likeness (QED) is 0.484. The lowest BCUT2D eigenvalue weighted by Crippen LogP contribution is -2.37. The van der Waals surface area contributed by atoms with Crippen LogP contribution < -0.4 is 19.1 Å². The molecule has 198 valence electrons. The van der Waals surface area contributed by atoms with Crippen molar-refractivity contribution in [3.8, 4) is 22.9 Å². The van der Waals surface area contributed by atoms with Crippen LogP contribution in [0.15, 0.2) is 24.4 Å². The molecule has 0 radical (unpaired) electrons. The van der Waals surface area contributed by atoms with Crippen LogP contribution in [0.4, 0.5) is 16.0 Å². The minimum Gasteiger partial charge on any atom is -0.488 e. The number of nitrogens with one attached hydrogen (secondary N) is 1. The van der Waals surface area contributed by atoms with E-state index in [1.54, 1.807) is 6.07 Å². The molecule has 0 bridgehead atoms. The Balaban J connectivity index is 1.68. The minimum atomic E-state index is -3.62. The van der Waals surface area contributed by atoms with Crippen LogP contribution in [0.25, 0.3) is 22.2 Å². The van der Waals surface area contributed by atoms with Gasteiger partial charge in [0.1, 0.15) is 28.9 Å². The molecule has 0 unspecified atom stereocenters. The Morgan fingerprint density at radius 2 is 1.81 bits per heavy atom. The average Bonchev–Trinajstić information content (AvgIpc) is 2.88. The Morgan fingerprint density at radius 3 is 2.51 bits per heavy atom. The second-order valence-corrected chi connectivity index (χ2v) is 10.6. The molecule has 2 fully saturated rings. The molecule has 37 heavy (non-hydrogen) atoms. The molecule has 0 spiro atoms. The molecule has 1 aromatic carbocycles. The zero-order valence-electron chi connectivity index (χ0n) is 20.6. The van der Waals surface area contributed by atoms with Crippen molar-refractivity contribution in [3.63, 3.8) is 0 Å². The highest BCUT2D eigenvalue weighted by atomic mass is 32.2. The Bertz CT molecular complexity index is 1390. The number of aromatic nitrogens is 3. The summed E-state index contributed by atoms with van der Waals surface area (Å²) in [4.78, 5) is 15.8. The zero-order chi connectivity index (χ0) is 26.0. The maximum Gasteiger partial charge on any atom is 0.238 e. The van der Waals surface area contributed by atoms with Crippen molar-refractivity contribution in [2.75, 3.05) is 62.5 Å². The number of benzene rings is 1. The van der Waals surface area contributed by atoms with Gasteiger partial charge in [-0.1, -0.05) is 0 Å². The Morgan fingerprint density at radius 1 is 1.08 bits per heavy atom. The van der Waals surface area contributed by atoms with E-state index in [9.17, 15) is 12.8 Å². The van der Waals surface area contributed by atoms with Crippen molar-refractivity contribution in [2.45, 2.75) is 18.9 Å². The summed E-state index contributed by atoms with van der Waals surface area (Å²) < 4.78 is 63.6. The number of morpholine rings is 1. The maximum atomic E-state index is 14.9. The minimum absolute atomic E-state index is 0.0932. The van der Waals surface area contributed by atoms with Gasteiger partial charge in [0.15, 0.2) is 0 Å². The fourth-order valence-electron chi connectivity index (χ4n) is 4.36. The van der Waals surface area contributed by atoms with Gasteiger partial charge in [-0.2, -0.15) is 0 Å². The topological polar surface area (TPSA) is 125 Å². The lowest BCUT2D eigenvalue weighted by Gasteiger charge is -2.28. The van der Waals surface area contributed by atoms with Gasteiger partial charge in [0.05, 0.1) is 45.5 Å². The highest BCUT2D eigenvalue weighted by Gasteiger charge is 2.23. The predicted molar refractivity (Wildman–Crippen MR) is 135 cm³/mol. The first kappa shape index (κ1) is 25.4. The van der Waals surface area contributed by atoms with Crippen LogP contribution in [0.3, 0.4) is 0 Å². The summed E-state index contributed by atoms with van der Waals surface area (Å²) in [7, 11) is -2.23. The van der Waals surface area contributed by atoms with Crippen LogP contribution in [0, 0.1) is 5.82 Å². The fraction of sp³-hybridized carbons (Fsp3) is 0.458.